The van der Waals surface area contributed by atoms with Gasteiger partial charge in [-0.1, -0.05) is 36.4 Å². The van der Waals surface area contributed by atoms with Gasteiger partial charge in [0.25, 0.3) is 5.91 Å². The van der Waals surface area contributed by atoms with Crippen molar-refractivity contribution in [1.82, 2.24) is 5.32 Å². The average Bonchev–Trinajstić information content (AvgIpc) is 3.02. The molecule has 4 nitrogen and oxygen atoms in total. The van der Waals surface area contributed by atoms with Crippen molar-refractivity contribution in [2.45, 2.75) is 19.4 Å². The molecule has 0 bridgehead atoms. The molecule has 21 heavy (non-hydrogen) atoms. The Balaban J connectivity index is 1.74. The summed E-state index contributed by atoms with van der Waals surface area (Å²) in [5.74, 6) is -0.744. The first-order valence-corrected chi connectivity index (χ1v) is 7.61. The Morgan fingerprint density at radius 3 is 2.62 bits per heavy atom. The lowest BCUT2D eigenvalue weighted by Gasteiger charge is -2.12. The Labute approximate surface area is 127 Å². The second kappa shape index (κ2) is 7.59. The fraction of sp³-hybridized carbons (Fsp3) is 0.250. The molecule has 1 N–H and O–H groups in total. The Bertz CT molecular complexity index is 581. The zero-order chi connectivity index (χ0) is 15.1. The molecule has 2 rings (SSSR count). The molecule has 0 radical (unpaired) electrons. The van der Waals surface area contributed by atoms with Gasteiger partial charge >= 0.3 is 5.97 Å². The van der Waals surface area contributed by atoms with Crippen molar-refractivity contribution < 1.29 is 14.3 Å². The molecular weight excluding hydrogens is 286 g/mol. The van der Waals surface area contributed by atoms with E-state index in [9.17, 15) is 9.59 Å². The molecule has 1 heterocycles. The highest BCUT2D eigenvalue weighted by molar-refractivity contribution is 7.11. The van der Waals surface area contributed by atoms with Crippen molar-refractivity contribution in [2.24, 2.45) is 0 Å². The molecule has 1 amide bonds. The van der Waals surface area contributed by atoms with Crippen LogP contribution in [0.2, 0.25) is 0 Å². The van der Waals surface area contributed by atoms with Crippen LogP contribution in [0, 0.1) is 0 Å². The van der Waals surface area contributed by atoms with Gasteiger partial charge < -0.3 is 10.1 Å². The van der Waals surface area contributed by atoms with Crippen molar-refractivity contribution in [3.63, 3.8) is 0 Å². The standard InChI is InChI=1S/C16H17NO3S/c1-12(20-16(19)14-8-5-11-21-14)15(18)17-10-9-13-6-3-2-4-7-13/h2-8,11-12H,9-10H2,1H3,(H,17,18)/t12-/m1/s1. The lowest BCUT2D eigenvalue weighted by molar-refractivity contribution is -0.129. The summed E-state index contributed by atoms with van der Waals surface area (Å²) < 4.78 is 5.12. The molecule has 0 saturated carbocycles. The number of hydrogen-bond acceptors (Lipinski definition) is 4. The minimum Gasteiger partial charge on any atom is -0.448 e. The van der Waals surface area contributed by atoms with E-state index in [1.54, 1.807) is 24.4 Å². The van der Waals surface area contributed by atoms with Gasteiger partial charge in [-0.3, -0.25) is 4.79 Å². The molecule has 110 valence electrons. The smallest absolute Gasteiger partial charge is 0.349 e. The van der Waals surface area contributed by atoms with Crippen molar-refractivity contribution in [2.75, 3.05) is 6.54 Å². The second-order valence-corrected chi connectivity index (χ2v) is 5.50. The van der Waals surface area contributed by atoms with E-state index in [1.807, 2.05) is 30.3 Å². The zero-order valence-corrected chi connectivity index (χ0v) is 12.6. The molecule has 0 aliphatic heterocycles. The number of ether oxygens (including phenoxy) is 1. The number of amides is 1. The molecule has 0 aliphatic rings. The van der Waals surface area contributed by atoms with Crippen molar-refractivity contribution in [3.8, 4) is 0 Å². The van der Waals surface area contributed by atoms with Crippen LogP contribution in [-0.2, 0) is 16.0 Å². The van der Waals surface area contributed by atoms with Crippen molar-refractivity contribution in [3.05, 3.63) is 58.3 Å². The highest BCUT2D eigenvalue weighted by Gasteiger charge is 2.18. The molecule has 0 spiro atoms. The summed E-state index contributed by atoms with van der Waals surface area (Å²) in [6, 6.07) is 13.3. The maximum Gasteiger partial charge on any atom is 0.349 e. The molecule has 1 aromatic heterocycles. The SMILES string of the molecule is C[C@@H](OC(=O)c1cccs1)C(=O)NCCc1ccccc1. The van der Waals surface area contributed by atoms with Gasteiger partial charge in [0.1, 0.15) is 4.88 Å². The number of rotatable bonds is 6. The molecule has 0 fully saturated rings. The highest BCUT2D eigenvalue weighted by atomic mass is 32.1. The average molecular weight is 303 g/mol. The molecule has 0 unspecified atom stereocenters. The van der Waals surface area contributed by atoms with Gasteiger partial charge in [0.05, 0.1) is 0 Å². The lowest BCUT2D eigenvalue weighted by Crippen LogP contribution is -2.36. The van der Waals surface area contributed by atoms with Gasteiger partial charge in [-0.05, 0) is 30.4 Å². The summed E-state index contributed by atoms with van der Waals surface area (Å²) in [5, 5.41) is 4.56. The van der Waals surface area contributed by atoms with Gasteiger partial charge in [0.2, 0.25) is 0 Å². The quantitative estimate of drug-likeness (QED) is 0.835. The minimum absolute atomic E-state index is 0.282. The van der Waals surface area contributed by atoms with Gasteiger partial charge in [-0.25, -0.2) is 4.79 Å². The van der Waals surface area contributed by atoms with Gasteiger partial charge in [-0.2, -0.15) is 0 Å². The maximum absolute atomic E-state index is 11.9. The third-order valence-corrected chi connectivity index (χ3v) is 3.78. The van der Waals surface area contributed by atoms with Crippen LogP contribution in [-0.4, -0.2) is 24.5 Å². The largest absolute Gasteiger partial charge is 0.448 e. The van der Waals surface area contributed by atoms with Crippen LogP contribution in [0.15, 0.2) is 47.8 Å². The number of hydrogen-bond donors (Lipinski definition) is 1. The predicted octanol–water partition coefficient (Wildman–Crippen LogP) is 2.65. The van der Waals surface area contributed by atoms with E-state index in [2.05, 4.69) is 5.32 Å². The summed E-state index contributed by atoms with van der Waals surface area (Å²) >= 11 is 1.29. The fourth-order valence-corrected chi connectivity index (χ4v) is 2.39. The van der Waals surface area contributed by atoms with Crippen LogP contribution in [0.4, 0.5) is 0 Å². The molecule has 0 saturated heterocycles. The van der Waals surface area contributed by atoms with E-state index in [0.29, 0.717) is 11.4 Å². The van der Waals surface area contributed by atoms with E-state index in [1.165, 1.54) is 11.3 Å². The molecule has 1 atom stereocenters. The summed E-state index contributed by atoms with van der Waals surface area (Å²) in [7, 11) is 0. The van der Waals surface area contributed by atoms with E-state index in [4.69, 9.17) is 4.74 Å². The molecule has 5 heteroatoms. The number of nitrogens with one attached hydrogen (secondary N) is 1. The van der Waals surface area contributed by atoms with Crippen LogP contribution < -0.4 is 5.32 Å². The van der Waals surface area contributed by atoms with E-state index >= 15 is 0 Å². The Morgan fingerprint density at radius 1 is 1.19 bits per heavy atom. The van der Waals surface area contributed by atoms with E-state index < -0.39 is 12.1 Å². The summed E-state index contributed by atoms with van der Waals surface area (Å²) in [6.07, 6.45) is -0.0478. The predicted molar refractivity (Wildman–Crippen MR) is 82.4 cm³/mol. The third kappa shape index (κ3) is 4.72. The lowest BCUT2D eigenvalue weighted by atomic mass is 10.1. The molecule has 2 aromatic rings. The first-order valence-electron chi connectivity index (χ1n) is 6.73. The van der Waals surface area contributed by atoms with Crippen LogP contribution in [0.3, 0.4) is 0 Å². The first kappa shape index (κ1) is 15.3. The van der Waals surface area contributed by atoms with E-state index in [0.717, 1.165) is 12.0 Å². The van der Waals surface area contributed by atoms with Crippen LogP contribution in [0.1, 0.15) is 22.2 Å². The number of carbonyl (C=O) groups excluding carboxylic acids is 2. The van der Waals surface area contributed by atoms with Gasteiger partial charge in [0.15, 0.2) is 6.10 Å². The molecule has 1 aromatic carbocycles. The third-order valence-electron chi connectivity index (χ3n) is 2.93. The van der Waals surface area contributed by atoms with E-state index in [-0.39, 0.29) is 5.91 Å². The highest BCUT2D eigenvalue weighted by Crippen LogP contribution is 2.11. The Kier molecular flexibility index (Phi) is 5.51. The zero-order valence-electron chi connectivity index (χ0n) is 11.7. The van der Waals surface area contributed by atoms with Gasteiger partial charge in [0, 0.05) is 6.54 Å². The van der Waals surface area contributed by atoms with Crippen LogP contribution in [0.5, 0.6) is 0 Å². The molecule has 0 aliphatic carbocycles. The first-order chi connectivity index (χ1) is 10.2. The topological polar surface area (TPSA) is 55.4 Å². The van der Waals surface area contributed by atoms with Gasteiger partial charge in [-0.15, -0.1) is 11.3 Å². The monoisotopic (exact) mass is 303 g/mol. The summed E-state index contributed by atoms with van der Waals surface area (Å²) in [4.78, 5) is 24.1. The van der Waals surface area contributed by atoms with Crippen LogP contribution in [0.25, 0.3) is 0 Å². The number of benzene rings is 1. The normalized spacial score (nSPS) is 11.7. The van der Waals surface area contributed by atoms with Crippen molar-refractivity contribution in [1.29, 1.82) is 0 Å². The molecular formula is C16H17NO3S. The Hall–Kier alpha value is -2.14. The maximum atomic E-state index is 11.9. The fourth-order valence-electron chi connectivity index (χ4n) is 1.79. The van der Waals surface area contributed by atoms with Crippen LogP contribution >= 0.6 is 11.3 Å². The number of carbonyl (C=O) groups is 2. The summed E-state index contributed by atoms with van der Waals surface area (Å²) in [6.45, 7) is 2.09. The van der Waals surface area contributed by atoms with Crippen molar-refractivity contribution >= 4 is 23.2 Å². The minimum atomic E-state index is -0.796. The summed E-state index contributed by atoms with van der Waals surface area (Å²) in [5.41, 5.74) is 1.15. The number of esters is 1. The second-order valence-electron chi connectivity index (χ2n) is 4.55. The number of thiophene rings is 1. The Morgan fingerprint density at radius 2 is 1.95 bits per heavy atom.